The summed E-state index contributed by atoms with van der Waals surface area (Å²) in [4.78, 5) is 35.2. The second kappa shape index (κ2) is 3.05. The first-order chi connectivity index (χ1) is 7.68. The van der Waals surface area contributed by atoms with Crippen LogP contribution < -0.4 is 15.2 Å². The van der Waals surface area contributed by atoms with Crippen LogP contribution in [0, 0.1) is 0 Å². The Hall–Kier alpha value is -1.88. The molecule has 5 heteroatoms. The number of ketones is 2. The van der Waals surface area contributed by atoms with Gasteiger partial charge in [-0.05, 0) is 17.4 Å². The molecule has 1 radical (unpaired) electrons. The maximum Gasteiger partial charge on any atom is 0.288 e. The Labute approximate surface area is 94.2 Å². The fourth-order valence-corrected chi connectivity index (χ4v) is 2.52. The molecule has 1 aromatic carbocycles. The van der Waals surface area contributed by atoms with Crippen molar-refractivity contribution in [2.75, 3.05) is 0 Å². The molecule has 3 rings (SSSR count). The minimum atomic E-state index is -0.756. The Morgan fingerprint density at radius 1 is 1.12 bits per heavy atom. The molecule has 0 spiro atoms. The molecule has 0 N–H and O–H groups in total. The lowest BCUT2D eigenvalue weighted by atomic mass is 9.97. The molecule has 0 saturated carbocycles. The van der Waals surface area contributed by atoms with Gasteiger partial charge in [0.1, 0.15) is 5.57 Å². The second-order valence-electron chi connectivity index (χ2n) is 3.42. The third kappa shape index (κ3) is 1.09. The maximum absolute atomic E-state index is 11.6. The van der Waals surface area contributed by atoms with Crippen molar-refractivity contribution in [2.45, 2.75) is 4.90 Å². The van der Waals surface area contributed by atoms with E-state index in [2.05, 4.69) is 4.72 Å². The lowest BCUT2D eigenvalue weighted by molar-refractivity contribution is -0.130. The van der Waals surface area contributed by atoms with Gasteiger partial charge in [-0.2, -0.15) is 4.72 Å². The molecule has 2 aliphatic rings. The zero-order valence-electron chi connectivity index (χ0n) is 7.89. The highest BCUT2D eigenvalue weighted by Crippen LogP contribution is 2.18. The van der Waals surface area contributed by atoms with E-state index < -0.39 is 17.5 Å². The molecule has 0 fully saturated rings. The Bertz CT molecular complexity index is 675. The molecule has 0 atom stereocenters. The summed E-state index contributed by atoms with van der Waals surface area (Å²) < 4.78 is 3.64. The summed E-state index contributed by atoms with van der Waals surface area (Å²) in [5.41, 5.74) is -0.0862. The van der Waals surface area contributed by atoms with E-state index in [9.17, 15) is 14.4 Å². The number of amides is 1. The standard InChI is InChI=1S/C11H4NO3S/c13-6-4-5-2-1-3-7-8(5)9(10(6)14)11(15)12-16-7/h1-4H. The van der Waals surface area contributed by atoms with Crippen molar-refractivity contribution in [3.05, 3.63) is 28.6 Å². The van der Waals surface area contributed by atoms with Crippen LogP contribution in [0.15, 0.2) is 23.1 Å². The lowest BCUT2D eigenvalue weighted by Crippen LogP contribution is -2.44. The van der Waals surface area contributed by atoms with Gasteiger partial charge in [-0.15, -0.1) is 0 Å². The predicted octanol–water partition coefficient (Wildman–Crippen LogP) is -1.08. The summed E-state index contributed by atoms with van der Waals surface area (Å²) in [6, 6.07) is 5.25. The van der Waals surface area contributed by atoms with Crippen molar-refractivity contribution >= 4 is 41.1 Å². The number of nitrogens with zero attached hydrogens (tertiary/aromatic N) is 1. The maximum atomic E-state index is 11.6. The van der Waals surface area contributed by atoms with Gasteiger partial charge in [-0.1, -0.05) is 12.1 Å². The Morgan fingerprint density at radius 2 is 1.94 bits per heavy atom. The first-order valence-corrected chi connectivity index (χ1v) is 5.32. The summed E-state index contributed by atoms with van der Waals surface area (Å²) in [7, 11) is 0. The van der Waals surface area contributed by atoms with Crippen LogP contribution in [0.2, 0.25) is 0 Å². The van der Waals surface area contributed by atoms with Gasteiger partial charge in [-0.3, -0.25) is 14.4 Å². The average Bonchev–Trinajstić information content (AvgIpc) is 2.28. The quantitative estimate of drug-likeness (QED) is 0.420. The highest BCUT2D eigenvalue weighted by Gasteiger charge is 2.32. The minimum absolute atomic E-state index is 0.0862. The molecule has 1 amide bonds. The third-order valence-electron chi connectivity index (χ3n) is 2.49. The van der Waals surface area contributed by atoms with Crippen molar-refractivity contribution in [3.8, 4) is 0 Å². The minimum Gasteiger partial charge on any atom is -0.286 e. The van der Waals surface area contributed by atoms with E-state index in [1.807, 2.05) is 0 Å². The van der Waals surface area contributed by atoms with Crippen LogP contribution in [-0.2, 0) is 14.4 Å². The van der Waals surface area contributed by atoms with Crippen LogP contribution in [0.25, 0.3) is 11.6 Å². The fraction of sp³-hybridized carbons (Fsp3) is 0. The normalized spacial score (nSPS) is 17.8. The topological polar surface area (TPSA) is 65.3 Å². The largest absolute Gasteiger partial charge is 0.288 e. The average molecular weight is 230 g/mol. The van der Waals surface area contributed by atoms with Crippen molar-refractivity contribution in [2.24, 2.45) is 0 Å². The van der Waals surface area contributed by atoms with Crippen LogP contribution in [0.3, 0.4) is 0 Å². The van der Waals surface area contributed by atoms with Gasteiger partial charge >= 0.3 is 0 Å². The SMILES string of the molecule is O=C1C=c2cccc3c2=C(C(=O)[N]S3)C1=O. The number of Topliss-reactive ketones (excluding diaryl/α,β-unsaturated/α-hetero) is 2. The van der Waals surface area contributed by atoms with E-state index in [4.69, 9.17) is 0 Å². The monoisotopic (exact) mass is 230 g/mol. The van der Waals surface area contributed by atoms with E-state index in [1.165, 1.54) is 6.08 Å². The van der Waals surface area contributed by atoms with Gasteiger partial charge in [0.05, 0.1) is 0 Å². The lowest BCUT2D eigenvalue weighted by Gasteiger charge is -2.14. The summed E-state index contributed by atoms with van der Waals surface area (Å²) in [6.45, 7) is 0. The molecule has 1 heterocycles. The number of hydrogen-bond acceptors (Lipinski definition) is 4. The van der Waals surface area contributed by atoms with Gasteiger partial charge in [0.15, 0.2) is 0 Å². The highest BCUT2D eigenvalue weighted by atomic mass is 32.2. The van der Waals surface area contributed by atoms with Crippen LogP contribution in [0.1, 0.15) is 0 Å². The molecule has 1 aliphatic carbocycles. The summed E-state index contributed by atoms with van der Waals surface area (Å²) in [6.07, 6.45) is 1.27. The van der Waals surface area contributed by atoms with Gasteiger partial charge < -0.3 is 0 Å². The van der Waals surface area contributed by atoms with Crippen molar-refractivity contribution < 1.29 is 14.4 Å². The molecular formula is C11H4NO3S. The fourth-order valence-electron chi connectivity index (χ4n) is 1.80. The van der Waals surface area contributed by atoms with Crippen LogP contribution in [0.4, 0.5) is 0 Å². The van der Waals surface area contributed by atoms with E-state index >= 15 is 0 Å². The van der Waals surface area contributed by atoms with E-state index in [-0.39, 0.29) is 5.57 Å². The highest BCUT2D eigenvalue weighted by molar-refractivity contribution is 7.98. The molecule has 16 heavy (non-hydrogen) atoms. The van der Waals surface area contributed by atoms with Crippen LogP contribution >= 0.6 is 11.9 Å². The van der Waals surface area contributed by atoms with Gasteiger partial charge in [0.25, 0.3) is 5.91 Å². The number of benzene rings is 1. The van der Waals surface area contributed by atoms with Crippen molar-refractivity contribution in [1.29, 1.82) is 0 Å². The molecule has 4 nitrogen and oxygen atoms in total. The Kier molecular flexibility index (Phi) is 1.79. The van der Waals surface area contributed by atoms with Gasteiger partial charge in [-0.25, -0.2) is 0 Å². The van der Waals surface area contributed by atoms with Gasteiger partial charge in [0, 0.05) is 22.1 Å². The molecule has 0 bridgehead atoms. The molecule has 0 saturated heterocycles. The second-order valence-corrected chi connectivity index (χ2v) is 4.23. The number of rotatable bonds is 0. The van der Waals surface area contributed by atoms with Crippen LogP contribution in [-0.4, -0.2) is 17.5 Å². The Morgan fingerprint density at radius 3 is 2.75 bits per heavy atom. The molecule has 0 aromatic heterocycles. The number of carbonyl (C=O) groups is 3. The number of hydrogen-bond donors (Lipinski definition) is 0. The summed E-state index contributed by atoms with van der Waals surface area (Å²) in [5, 5.41) is 1.17. The zero-order chi connectivity index (χ0) is 11.3. The van der Waals surface area contributed by atoms with Crippen molar-refractivity contribution in [3.63, 3.8) is 0 Å². The third-order valence-corrected chi connectivity index (χ3v) is 3.28. The van der Waals surface area contributed by atoms with E-state index in [0.717, 1.165) is 16.8 Å². The predicted molar refractivity (Wildman–Crippen MR) is 56.6 cm³/mol. The zero-order valence-corrected chi connectivity index (χ0v) is 8.71. The molecular weight excluding hydrogens is 226 g/mol. The van der Waals surface area contributed by atoms with E-state index in [0.29, 0.717) is 10.4 Å². The molecule has 77 valence electrons. The smallest absolute Gasteiger partial charge is 0.286 e. The Balaban J connectivity index is 2.59. The van der Waals surface area contributed by atoms with Gasteiger partial charge in [0.2, 0.25) is 11.6 Å². The first-order valence-electron chi connectivity index (χ1n) is 4.54. The van der Waals surface area contributed by atoms with Crippen LogP contribution in [0.5, 0.6) is 0 Å². The summed E-state index contributed by atoms with van der Waals surface area (Å²) in [5.74, 6) is -2.03. The molecule has 1 aromatic rings. The van der Waals surface area contributed by atoms with E-state index in [1.54, 1.807) is 18.2 Å². The van der Waals surface area contributed by atoms with Crippen molar-refractivity contribution in [1.82, 2.24) is 4.72 Å². The number of carbonyl (C=O) groups excluding carboxylic acids is 3. The molecule has 0 unspecified atom stereocenters. The summed E-state index contributed by atoms with van der Waals surface area (Å²) >= 11 is 1.04. The first kappa shape index (κ1) is 9.35. The molecule has 1 aliphatic heterocycles.